The quantitative estimate of drug-likeness (QED) is 0.480. The molecule has 0 radical (unpaired) electrons. The Morgan fingerprint density at radius 2 is 1.75 bits per heavy atom. The first kappa shape index (κ1) is 11.9. The van der Waals surface area contributed by atoms with Crippen LogP contribution < -0.4 is 0 Å². The minimum atomic E-state index is -1.54. The van der Waals surface area contributed by atoms with Gasteiger partial charge in [0.2, 0.25) is 0 Å². The molecule has 0 bridgehead atoms. The molecule has 0 saturated heterocycles. The SMILES string of the molecule is CCC(C[CH2][Na])(C(=O)O)C(=O)O. The number of carbonyl (C=O) groups is 2. The maximum atomic E-state index is 10.7. The van der Waals surface area contributed by atoms with Crippen molar-refractivity contribution in [1.82, 2.24) is 0 Å². The molecule has 2 N–H and O–H groups in total. The molecule has 0 fully saturated rings. The molecule has 0 heterocycles. The molecular formula is C7H11NaO4. The third kappa shape index (κ3) is 2.21. The van der Waals surface area contributed by atoms with Gasteiger partial charge >= 0.3 is 88.5 Å². The van der Waals surface area contributed by atoms with E-state index in [2.05, 4.69) is 0 Å². The van der Waals surface area contributed by atoms with Crippen molar-refractivity contribution in [2.24, 2.45) is 5.41 Å². The van der Waals surface area contributed by atoms with Crippen LogP contribution in [0, 0.1) is 5.41 Å². The number of hydrogen-bond acceptors (Lipinski definition) is 2. The molecule has 0 aliphatic carbocycles. The summed E-state index contributed by atoms with van der Waals surface area (Å²) in [6, 6.07) is 0. The summed E-state index contributed by atoms with van der Waals surface area (Å²) in [5.74, 6) is -2.43. The van der Waals surface area contributed by atoms with Crippen LogP contribution in [0.15, 0.2) is 0 Å². The molecule has 0 aliphatic rings. The number of rotatable bonds is 5. The van der Waals surface area contributed by atoms with Crippen molar-refractivity contribution in [3.05, 3.63) is 0 Å². The topological polar surface area (TPSA) is 74.6 Å². The third-order valence-corrected chi connectivity index (χ3v) is 2.60. The van der Waals surface area contributed by atoms with E-state index in [1.54, 1.807) is 6.92 Å². The van der Waals surface area contributed by atoms with Crippen molar-refractivity contribution in [1.29, 1.82) is 0 Å². The van der Waals surface area contributed by atoms with Crippen LogP contribution in [0.2, 0.25) is 3.67 Å². The summed E-state index contributed by atoms with van der Waals surface area (Å²) in [5, 5.41) is 17.5. The first-order valence-electron chi connectivity index (χ1n) is 3.98. The predicted octanol–water partition coefficient (Wildman–Crippen LogP) is 0.529. The second-order valence-corrected chi connectivity index (χ2v) is 3.80. The van der Waals surface area contributed by atoms with Gasteiger partial charge in [0.15, 0.2) is 0 Å². The number of carboxylic acids is 2. The Bertz CT molecular complexity index is 176. The van der Waals surface area contributed by atoms with Gasteiger partial charge in [0.1, 0.15) is 0 Å². The number of aliphatic carboxylic acids is 2. The second kappa shape index (κ2) is 4.84. The summed E-state index contributed by atoms with van der Waals surface area (Å²) >= 11 is 0.839. The average molecular weight is 182 g/mol. The molecule has 5 heteroatoms. The minimum absolute atomic E-state index is 0.153. The van der Waals surface area contributed by atoms with Gasteiger partial charge in [-0.3, -0.25) is 0 Å². The Balaban J connectivity index is 4.76. The van der Waals surface area contributed by atoms with E-state index in [1.807, 2.05) is 0 Å². The van der Waals surface area contributed by atoms with E-state index in [9.17, 15) is 9.59 Å². The Kier molecular flexibility index (Phi) is 4.82. The molecule has 12 heavy (non-hydrogen) atoms. The first-order chi connectivity index (χ1) is 5.51. The number of carboxylic acid groups (broad SMARTS) is 2. The van der Waals surface area contributed by atoms with Gasteiger partial charge in [-0.2, -0.15) is 0 Å². The molecule has 0 rings (SSSR count). The van der Waals surface area contributed by atoms with Crippen molar-refractivity contribution < 1.29 is 19.8 Å². The molecule has 0 spiro atoms. The van der Waals surface area contributed by atoms with Gasteiger partial charge in [-0.1, -0.05) is 0 Å². The average Bonchev–Trinajstić information content (AvgIpc) is 1.98. The van der Waals surface area contributed by atoms with E-state index >= 15 is 0 Å². The molecule has 4 nitrogen and oxygen atoms in total. The molecular weight excluding hydrogens is 171 g/mol. The molecule has 0 saturated carbocycles. The van der Waals surface area contributed by atoms with E-state index in [0.29, 0.717) is 3.67 Å². The number of hydrogen-bond donors (Lipinski definition) is 2. The fourth-order valence-corrected chi connectivity index (χ4v) is 2.06. The van der Waals surface area contributed by atoms with E-state index in [0.717, 1.165) is 27.9 Å². The van der Waals surface area contributed by atoms with Crippen LogP contribution in [0.25, 0.3) is 0 Å². The molecule has 0 aliphatic heterocycles. The zero-order valence-corrected chi connectivity index (χ0v) is 9.33. The van der Waals surface area contributed by atoms with Gasteiger partial charge in [-0.05, 0) is 0 Å². The van der Waals surface area contributed by atoms with Crippen molar-refractivity contribution >= 4 is 39.9 Å². The van der Waals surface area contributed by atoms with Gasteiger partial charge in [0.25, 0.3) is 0 Å². The van der Waals surface area contributed by atoms with E-state index < -0.39 is 17.4 Å². The molecule has 0 aromatic heterocycles. The third-order valence-electron chi connectivity index (χ3n) is 2.10. The Labute approximate surface area is 88.4 Å². The van der Waals surface area contributed by atoms with E-state index in [1.165, 1.54) is 0 Å². The Hall–Kier alpha value is -0.0600. The maximum absolute atomic E-state index is 10.7. The fraction of sp³-hybridized carbons (Fsp3) is 0.714. The second-order valence-electron chi connectivity index (χ2n) is 2.80. The summed E-state index contributed by atoms with van der Waals surface area (Å²) in [4.78, 5) is 21.4. The van der Waals surface area contributed by atoms with Gasteiger partial charge in [-0.15, -0.1) is 0 Å². The van der Waals surface area contributed by atoms with Gasteiger partial charge < -0.3 is 0 Å². The predicted molar refractivity (Wildman–Crippen MR) is 43.2 cm³/mol. The Morgan fingerprint density at radius 3 is 1.83 bits per heavy atom. The summed E-state index contributed by atoms with van der Waals surface area (Å²) in [7, 11) is 0. The van der Waals surface area contributed by atoms with Gasteiger partial charge in [-0.25, -0.2) is 0 Å². The zero-order valence-electron chi connectivity index (χ0n) is 7.33. The summed E-state index contributed by atoms with van der Waals surface area (Å²) in [6.45, 7) is 1.60. The van der Waals surface area contributed by atoms with Crippen LogP contribution in [-0.4, -0.2) is 50.1 Å². The van der Waals surface area contributed by atoms with E-state index in [-0.39, 0.29) is 12.8 Å². The summed E-state index contributed by atoms with van der Waals surface area (Å²) in [5.41, 5.74) is -1.54. The van der Waals surface area contributed by atoms with Crippen molar-refractivity contribution in [3.63, 3.8) is 0 Å². The molecule has 0 aromatic carbocycles. The molecule has 64 valence electrons. The van der Waals surface area contributed by atoms with Crippen molar-refractivity contribution in [2.45, 2.75) is 23.4 Å². The molecule has 0 atom stereocenters. The first-order valence-corrected chi connectivity index (χ1v) is 5.39. The van der Waals surface area contributed by atoms with Crippen LogP contribution in [-0.2, 0) is 9.59 Å². The molecule has 0 unspecified atom stereocenters. The van der Waals surface area contributed by atoms with Crippen molar-refractivity contribution in [3.8, 4) is 0 Å². The van der Waals surface area contributed by atoms with Gasteiger partial charge in [0, 0.05) is 0 Å². The fourth-order valence-electron chi connectivity index (χ4n) is 1.21. The van der Waals surface area contributed by atoms with Crippen LogP contribution >= 0.6 is 0 Å². The normalized spacial score (nSPS) is 11.2. The summed E-state index contributed by atoms with van der Waals surface area (Å²) in [6.07, 6.45) is 0.403. The van der Waals surface area contributed by atoms with E-state index in [4.69, 9.17) is 10.2 Å². The van der Waals surface area contributed by atoms with Crippen LogP contribution in [0.5, 0.6) is 0 Å². The summed E-state index contributed by atoms with van der Waals surface area (Å²) < 4.78 is 0.701. The monoisotopic (exact) mass is 182 g/mol. The van der Waals surface area contributed by atoms with Crippen LogP contribution in [0.1, 0.15) is 19.8 Å². The molecule has 0 aromatic rings. The molecule has 0 amide bonds. The standard InChI is InChI=1S/C7H11O4.Na/c1-3-7(4-2,5(8)9)6(10)11;/h1,3-4H2,2H3,(H,8,9)(H,10,11);. The van der Waals surface area contributed by atoms with Crippen LogP contribution in [0.3, 0.4) is 0 Å². The Morgan fingerprint density at radius 1 is 1.33 bits per heavy atom. The zero-order chi connectivity index (χ0) is 9.78. The van der Waals surface area contributed by atoms with Crippen LogP contribution in [0.4, 0.5) is 0 Å². The van der Waals surface area contributed by atoms with Crippen molar-refractivity contribution in [2.75, 3.05) is 0 Å². The van der Waals surface area contributed by atoms with Gasteiger partial charge in [0.05, 0.1) is 0 Å².